The summed E-state index contributed by atoms with van der Waals surface area (Å²) in [7, 11) is 0. The van der Waals surface area contributed by atoms with Crippen LogP contribution in [0.4, 0.5) is 4.39 Å². The molecule has 0 radical (unpaired) electrons. The molecule has 2 heteroatoms. The van der Waals surface area contributed by atoms with Crippen LogP contribution in [-0.4, -0.2) is 12.6 Å². The average molecular weight is 223 g/mol. The molecule has 90 valence electrons. The fourth-order valence-electron chi connectivity index (χ4n) is 1.74. The number of halogens is 1. The molecule has 0 fully saturated rings. The number of aryl methyl sites for hydroxylation is 1. The Kier molecular flexibility index (Phi) is 4.94. The predicted octanol–water partition coefficient (Wildman–Crippen LogP) is 3.31. The Morgan fingerprint density at radius 3 is 2.56 bits per heavy atom. The van der Waals surface area contributed by atoms with E-state index in [2.05, 4.69) is 26.1 Å². The first kappa shape index (κ1) is 13.2. The molecule has 0 saturated heterocycles. The van der Waals surface area contributed by atoms with Crippen LogP contribution in [-0.2, 0) is 6.42 Å². The summed E-state index contributed by atoms with van der Waals surface area (Å²) in [6.45, 7) is 9.49. The Hall–Kier alpha value is -0.890. The zero-order valence-corrected chi connectivity index (χ0v) is 10.7. The van der Waals surface area contributed by atoms with Crippen molar-refractivity contribution < 1.29 is 4.39 Å². The van der Waals surface area contributed by atoms with Crippen molar-refractivity contribution >= 4 is 0 Å². The molecular formula is C14H22FN. The van der Waals surface area contributed by atoms with E-state index in [0.717, 1.165) is 18.5 Å². The van der Waals surface area contributed by atoms with Crippen molar-refractivity contribution in [3.63, 3.8) is 0 Å². The zero-order valence-electron chi connectivity index (χ0n) is 10.7. The molecule has 0 aliphatic carbocycles. The lowest BCUT2D eigenvalue weighted by molar-refractivity contribution is 0.474. The second-order valence-electron chi connectivity index (χ2n) is 4.94. The van der Waals surface area contributed by atoms with E-state index in [4.69, 9.17) is 0 Å². The number of nitrogens with one attached hydrogen (secondary N) is 1. The van der Waals surface area contributed by atoms with E-state index in [-0.39, 0.29) is 5.82 Å². The van der Waals surface area contributed by atoms with Crippen LogP contribution in [0.25, 0.3) is 0 Å². The molecule has 1 nitrogen and oxygen atoms in total. The van der Waals surface area contributed by atoms with Crippen molar-refractivity contribution in [1.29, 1.82) is 0 Å². The van der Waals surface area contributed by atoms with Crippen LogP contribution < -0.4 is 5.32 Å². The van der Waals surface area contributed by atoms with Crippen LogP contribution in [0.15, 0.2) is 18.2 Å². The standard InChI is InChI=1S/C14H22FN/c1-10(2)16-9-11(3)7-13-8-14(15)6-5-12(13)4/h5-6,8,10-11,16H,7,9H2,1-4H3. The van der Waals surface area contributed by atoms with Gasteiger partial charge in [0.25, 0.3) is 0 Å². The highest BCUT2D eigenvalue weighted by atomic mass is 19.1. The molecule has 1 rings (SSSR count). The van der Waals surface area contributed by atoms with E-state index in [0.29, 0.717) is 12.0 Å². The first-order valence-electron chi connectivity index (χ1n) is 5.97. The molecule has 0 saturated carbocycles. The quantitative estimate of drug-likeness (QED) is 0.807. The Bertz CT molecular complexity index is 334. The first-order chi connectivity index (χ1) is 7.49. The molecule has 0 bridgehead atoms. The average Bonchev–Trinajstić information content (AvgIpc) is 2.20. The molecule has 1 aromatic carbocycles. The molecule has 0 aromatic heterocycles. The third kappa shape index (κ3) is 4.31. The summed E-state index contributed by atoms with van der Waals surface area (Å²) in [6.07, 6.45) is 0.934. The van der Waals surface area contributed by atoms with Gasteiger partial charge in [-0.25, -0.2) is 4.39 Å². The Labute approximate surface area is 98.1 Å². The van der Waals surface area contributed by atoms with Crippen molar-refractivity contribution in [3.8, 4) is 0 Å². The lowest BCUT2D eigenvalue weighted by Gasteiger charge is -2.16. The summed E-state index contributed by atoms with van der Waals surface area (Å²) in [5, 5.41) is 3.41. The highest BCUT2D eigenvalue weighted by molar-refractivity contribution is 5.26. The molecule has 0 amide bonds. The van der Waals surface area contributed by atoms with Gasteiger partial charge in [-0.3, -0.25) is 0 Å². The van der Waals surface area contributed by atoms with Crippen molar-refractivity contribution in [1.82, 2.24) is 5.32 Å². The number of rotatable bonds is 5. The van der Waals surface area contributed by atoms with Crippen LogP contribution >= 0.6 is 0 Å². The Morgan fingerprint density at radius 2 is 1.94 bits per heavy atom. The van der Waals surface area contributed by atoms with Gasteiger partial charge in [-0.2, -0.15) is 0 Å². The van der Waals surface area contributed by atoms with E-state index in [1.807, 2.05) is 13.0 Å². The molecule has 16 heavy (non-hydrogen) atoms. The molecule has 0 spiro atoms. The SMILES string of the molecule is Cc1ccc(F)cc1CC(C)CNC(C)C. The van der Waals surface area contributed by atoms with Gasteiger partial charge in [0.05, 0.1) is 0 Å². The maximum absolute atomic E-state index is 13.1. The minimum absolute atomic E-state index is 0.135. The van der Waals surface area contributed by atoms with Gasteiger partial charge in [-0.05, 0) is 49.1 Å². The number of hydrogen-bond acceptors (Lipinski definition) is 1. The molecular weight excluding hydrogens is 201 g/mol. The third-order valence-electron chi connectivity index (χ3n) is 2.75. The lowest BCUT2D eigenvalue weighted by Crippen LogP contribution is -2.28. The highest BCUT2D eigenvalue weighted by Crippen LogP contribution is 2.14. The van der Waals surface area contributed by atoms with Crippen molar-refractivity contribution in [2.45, 2.75) is 40.2 Å². The maximum Gasteiger partial charge on any atom is 0.123 e. The van der Waals surface area contributed by atoms with E-state index in [1.165, 1.54) is 11.6 Å². The Balaban J connectivity index is 2.55. The summed E-state index contributed by atoms with van der Waals surface area (Å²) in [4.78, 5) is 0. The van der Waals surface area contributed by atoms with E-state index < -0.39 is 0 Å². The molecule has 1 N–H and O–H groups in total. The molecule has 0 heterocycles. The van der Waals surface area contributed by atoms with E-state index in [1.54, 1.807) is 6.07 Å². The minimum Gasteiger partial charge on any atom is -0.314 e. The number of hydrogen-bond donors (Lipinski definition) is 1. The summed E-state index contributed by atoms with van der Waals surface area (Å²) in [5.74, 6) is 0.396. The van der Waals surface area contributed by atoms with Gasteiger partial charge in [-0.15, -0.1) is 0 Å². The molecule has 1 unspecified atom stereocenters. The van der Waals surface area contributed by atoms with E-state index in [9.17, 15) is 4.39 Å². The van der Waals surface area contributed by atoms with Crippen LogP contribution in [0.2, 0.25) is 0 Å². The fraction of sp³-hybridized carbons (Fsp3) is 0.571. The first-order valence-corrected chi connectivity index (χ1v) is 5.97. The van der Waals surface area contributed by atoms with Crippen molar-refractivity contribution in [2.75, 3.05) is 6.54 Å². The molecule has 0 aliphatic heterocycles. The largest absolute Gasteiger partial charge is 0.314 e. The van der Waals surface area contributed by atoms with Crippen LogP contribution in [0, 0.1) is 18.7 Å². The van der Waals surface area contributed by atoms with E-state index >= 15 is 0 Å². The highest BCUT2D eigenvalue weighted by Gasteiger charge is 2.07. The van der Waals surface area contributed by atoms with Gasteiger partial charge < -0.3 is 5.32 Å². The van der Waals surface area contributed by atoms with Gasteiger partial charge in [0, 0.05) is 6.04 Å². The lowest BCUT2D eigenvalue weighted by atomic mass is 9.97. The van der Waals surface area contributed by atoms with Crippen molar-refractivity contribution in [2.24, 2.45) is 5.92 Å². The minimum atomic E-state index is -0.135. The Morgan fingerprint density at radius 1 is 1.25 bits per heavy atom. The second kappa shape index (κ2) is 6.00. The summed E-state index contributed by atoms with van der Waals surface area (Å²) in [6, 6.07) is 5.54. The third-order valence-corrected chi connectivity index (χ3v) is 2.75. The predicted molar refractivity (Wildman–Crippen MR) is 67.1 cm³/mol. The van der Waals surface area contributed by atoms with Gasteiger partial charge in [0.1, 0.15) is 5.82 Å². The second-order valence-corrected chi connectivity index (χ2v) is 4.94. The van der Waals surface area contributed by atoms with Gasteiger partial charge in [0.2, 0.25) is 0 Å². The van der Waals surface area contributed by atoms with Crippen LogP contribution in [0.1, 0.15) is 31.9 Å². The summed E-state index contributed by atoms with van der Waals surface area (Å²) >= 11 is 0. The van der Waals surface area contributed by atoms with Gasteiger partial charge in [0.15, 0.2) is 0 Å². The zero-order chi connectivity index (χ0) is 12.1. The van der Waals surface area contributed by atoms with Crippen molar-refractivity contribution in [3.05, 3.63) is 35.1 Å². The summed E-state index contributed by atoms with van der Waals surface area (Å²) < 4.78 is 13.1. The smallest absolute Gasteiger partial charge is 0.123 e. The molecule has 1 aromatic rings. The monoisotopic (exact) mass is 223 g/mol. The topological polar surface area (TPSA) is 12.0 Å². The molecule has 1 atom stereocenters. The normalized spacial score (nSPS) is 13.1. The van der Waals surface area contributed by atoms with Crippen LogP contribution in [0.3, 0.4) is 0 Å². The van der Waals surface area contributed by atoms with Gasteiger partial charge >= 0.3 is 0 Å². The molecule has 0 aliphatic rings. The summed E-state index contributed by atoms with van der Waals surface area (Å²) in [5.41, 5.74) is 2.30. The fourth-order valence-corrected chi connectivity index (χ4v) is 1.74. The maximum atomic E-state index is 13.1. The van der Waals surface area contributed by atoms with Gasteiger partial charge in [-0.1, -0.05) is 26.8 Å². The van der Waals surface area contributed by atoms with Crippen LogP contribution in [0.5, 0.6) is 0 Å². The number of benzene rings is 1.